The molecule has 0 atom stereocenters. The summed E-state index contributed by atoms with van der Waals surface area (Å²) >= 11 is 0. The Morgan fingerprint density at radius 2 is 1.68 bits per heavy atom. The molecule has 0 fully saturated rings. The van der Waals surface area contributed by atoms with E-state index in [1.165, 1.54) is 6.92 Å². The summed E-state index contributed by atoms with van der Waals surface area (Å²) in [5.74, 6) is 0.401. The van der Waals surface area contributed by atoms with Crippen molar-refractivity contribution in [2.75, 3.05) is 10.0 Å². The molecule has 0 spiro atoms. The Morgan fingerprint density at radius 3 is 2.28 bits per heavy atom. The Bertz CT molecular complexity index is 828. The lowest BCUT2D eigenvalue weighted by atomic mass is 10.0. The standard InChI is InChI=1S/C19H24N2O3S/c1-14(2)7-8-16-9-11-19(12-10-16)25(23,24)21-18-6-4-5-17(13-18)20-15(3)22/h4-6,9-14,21H,7-8H2,1-3H3,(H,20,22). The van der Waals surface area contributed by atoms with Crippen LogP contribution in [-0.4, -0.2) is 14.3 Å². The van der Waals surface area contributed by atoms with Crippen molar-refractivity contribution >= 4 is 27.3 Å². The molecule has 6 heteroatoms. The van der Waals surface area contributed by atoms with E-state index in [-0.39, 0.29) is 10.8 Å². The zero-order valence-electron chi connectivity index (χ0n) is 14.7. The van der Waals surface area contributed by atoms with Crippen molar-refractivity contribution in [2.45, 2.75) is 38.5 Å². The molecule has 0 bridgehead atoms. The zero-order chi connectivity index (χ0) is 18.4. The van der Waals surface area contributed by atoms with Crippen LogP contribution in [0.4, 0.5) is 11.4 Å². The molecule has 134 valence electrons. The molecular formula is C19H24N2O3S. The van der Waals surface area contributed by atoms with Crippen molar-refractivity contribution < 1.29 is 13.2 Å². The average molecular weight is 360 g/mol. The summed E-state index contributed by atoms with van der Waals surface area (Å²) in [6.07, 6.45) is 2.00. The molecular weight excluding hydrogens is 336 g/mol. The van der Waals surface area contributed by atoms with Crippen LogP contribution in [0, 0.1) is 5.92 Å². The normalized spacial score (nSPS) is 11.4. The van der Waals surface area contributed by atoms with Gasteiger partial charge in [0, 0.05) is 12.6 Å². The SMILES string of the molecule is CC(=O)Nc1cccc(NS(=O)(=O)c2ccc(CCC(C)C)cc2)c1. The van der Waals surface area contributed by atoms with Gasteiger partial charge in [-0.25, -0.2) is 8.42 Å². The first-order valence-corrected chi connectivity index (χ1v) is 9.74. The highest BCUT2D eigenvalue weighted by Crippen LogP contribution is 2.20. The van der Waals surface area contributed by atoms with Gasteiger partial charge in [0.15, 0.2) is 0 Å². The lowest BCUT2D eigenvalue weighted by Crippen LogP contribution is -2.13. The topological polar surface area (TPSA) is 75.3 Å². The average Bonchev–Trinajstić information content (AvgIpc) is 2.52. The minimum atomic E-state index is -3.67. The Hall–Kier alpha value is -2.34. The van der Waals surface area contributed by atoms with E-state index in [1.54, 1.807) is 36.4 Å². The maximum Gasteiger partial charge on any atom is 0.261 e. The lowest BCUT2D eigenvalue weighted by molar-refractivity contribution is -0.114. The number of hydrogen-bond acceptors (Lipinski definition) is 3. The van der Waals surface area contributed by atoms with Crippen LogP contribution in [0.1, 0.15) is 32.8 Å². The van der Waals surface area contributed by atoms with Gasteiger partial charge in [-0.2, -0.15) is 0 Å². The number of nitrogens with one attached hydrogen (secondary N) is 2. The van der Waals surface area contributed by atoms with Gasteiger partial charge in [-0.05, 0) is 54.7 Å². The highest BCUT2D eigenvalue weighted by atomic mass is 32.2. The van der Waals surface area contributed by atoms with Crippen LogP contribution in [0.5, 0.6) is 0 Å². The van der Waals surface area contributed by atoms with E-state index in [9.17, 15) is 13.2 Å². The molecule has 0 radical (unpaired) electrons. The van der Waals surface area contributed by atoms with Gasteiger partial charge in [-0.15, -0.1) is 0 Å². The summed E-state index contributed by atoms with van der Waals surface area (Å²) in [7, 11) is -3.67. The number of carbonyl (C=O) groups is 1. The number of sulfonamides is 1. The summed E-state index contributed by atoms with van der Waals surface area (Å²) in [6.45, 7) is 5.73. The zero-order valence-corrected chi connectivity index (χ0v) is 15.6. The summed E-state index contributed by atoms with van der Waals surface area (Å²) in [4.78, 5) is 11.3. The Balaban J connectivity index is 2.12. The second kappa shape index (κ2) is 8.16. The smallest absolute Gasteiger partial charge is 0.261 e. The molecule has 0 saturated heterocycles. The predicted molar refractivity (Wildman–Crippen MR) is 101 cm³/mol. The van der Waals surface area contributed by atoms with E-state index in [0.29, 0.717) is 17.3 Å². The number of rotatable bonds is 7. The summed E-state index contributed by atoms with van der Waals surface area (Å²) in [5.41, 5.74) is 2.06. The van der Waals surface area contributed by atoms with E-state index < -0.39 is 10.0 Å². The third-order valence-electron chi connectivity index (χ3n) is 3.68. The van der Waals surface area contributed by atoms with Crippen molar-refractivity contribution in [2.24, 2.45) is 5.92 Å². The molecule has 0 aliphatic heterocycles. The monoisotopic (exact) mass is 360 g/mol. The molecule has 0 heterocycles. The van der Waals surface area contributed by atoms with Crippen molar-refractivity contribution in [3.05, 3.63) is 54.1 Å². The van der Waals surface area contributed by atoms with Crippen molar-refractivity contribution in [3.8, 4) is 0 Å². The second-order valence-electron chi connectivity index (χ2n) is 6.44. The highest BCUT2D eigenvalue weighted by Gasteiger charge is 2.14. The third kappa shape index (κ3) is 5.90. The molecule has 2 aromatic carbocycles. The molecule has 2 aromatic rings. The van der Waals surface area contributed by atoms with Gasteiger partial charge in [-0.3, -0.25) is 9.52 Å². The minimum absolute atomic E-state index is 0.211. The second-order valence-corrected chi connectivity index (χ2v) is 8.13. The van der Waals surface area contributed by atoms with E-state index in [4.69, 9.17) is 0 Å². The van der Waals surface area contributed by atoms with Gasteiger partial charge in [-0.1, -0.05) is 32.0 Å². The Morgan fingerprint density at radius 1 is 1.04 bits per heavy atom. The molecule has 1 amide bonds. The third-order valence-corrected chi connectivity index (χ3v) is 5.08. The molecule has 2 N–H and O–H groups in total. The maximum absolute atomic E-state index is 12.5. The fourth-order valence-corrected chi connectivity index (χ4v) is 3.42. The number of hydrogen-bond donors (Lipinski definition) is 2. The minimum Gasteiger partial charge on any atom is -0.326 e. The molecule has 0 saturated carbocycles. The van der Waals surface area contributed by atoms with Gasteiger partial charge >= 0.3 is 0 Å². The first kappa shape index (κ1) is 19.0. The number of aryl methyl sites for hydroxylation is 1. The van der Waals surface area contributed by atoms with E-state index in [1.807, 2.05) is 12.1 Å². The Labute approximate surface area is 149 Å². The quantitative estimate of drug-likeness (QED) is 0.782. The van der Waals surface area contributed by atoms with Gasteiger partial charge in [0.05, 0.1) is 10.6 Å². The van der Waals surface area contributed by atoms with Crippen LogP contribution in [0.15, 0.2) is 53.4 Å². The molecule has 25 heavy (non-hydrogen) atoms. The number of carbonyl (C=O) groups excluding carboxylic acids is 1. The molecule has 0 unspecified atom stereocenters. The van der Waals surface area contributed by atoms with Crippen molar-refractivity contribution in [1.29, 1.82) is 0 Å². The molecule has 0 aliphatic rings. The fraction of sp³-hybridized carbons (Fsp3) is 0.316. The lowest BCUT2D eigenvalue weighted by Gasteiger charge is -2.11. The highest BCUT2D eigenvalue weighted by molar-refractivity contribution is 7.92. The molecule has 0 aliphatic carbocycles. The van der Waals surface area contributed by atoms with Gasteiger partial charge in [0.25, 0.3) is 10.0 Å². The van der Waals surface area contributed by atoms with Crippen LogP contribution >= 0.6 is 0 Å². The first-order chi connectivity index (χ1) is 11.8. The van der Waals surface area contributed by atoms with Gasteiger partial charge in [0.1, 0.15) is 0 Å². The predicted octanol–water partition coefficient (Wildman–Crippen LogP) is 4.03. The van der Waals surface area contributed by atoms with Crippen LogP contribution in [0.25, 0.3) is 0 Å². The van der Waals surface area contributed by atoms with Crippen molar-refractivity contribution in [1.82, 2.24) is 0 Å². The Kier molecular flexibility index (Phi) is 6.20. The largest absolute Gasteiger partial charge is 0.326 e. The summed E-state index contributed by atoms with van der Waals surface area (Å²) < 4.78 is 27.6. The van der Waals surface area contributed by atoms with E-state index >= 15 is 0 Å². The summed E-state index contributed by atoms with van der Waals surface area (Å²) in [5, 5.41) is 2.63. The van der Waals surface area contributed by atoms with Crippen LogP contribution < -0.4 is 10.0 Å². The number of anilines is 2. The first-order valence-electron chi connectivity index (χ1n) is 8.25. The molecule has 0 aromatic heterocycles. The number of amides is 1. The number of benzene rings is 2. The van der Waals surface area contributed by atoms with Gasteiger partial charge in [0.2, 0.25) is 5.91 Å². The van der Waals surface area contributed by atoms with Crippen LogP contribution in [0.2, 0.25) is 0 Å². The van der Waals surface area contributed by atoms with Crippen molar-refractivity contribution in [3.63, 3.8) is 0 Å². The van der Waals surface area contributed by atoms with Crippen LogP contribution in [-0.2, 0) is 21.2 Å². The van der Waals surface area contributed by atoms with Gasteiger partial charge < -0.3 is 5.32 Å². The summed E-state index contributed by atoms with van der Waals surface area (Å²) in [6, 6.07) is 13.5. The maximum atomic E-state index is 12.5. The molecule has 5 nitrogen and oxygen atoms in total. The van der Waals surface area contributed by atoms with E-state index in [2.05, 4.69) is 23.9 Å². The fourth-order valence-electron chi connectivity index (χ4n) is 2.37. The molecule has 2 rings (SSSR count). The van der Waals surface area contributed by atoms with E-state index in [0.717, 1.165) is 18.4 Å². The van der Waals surface area contributed by atoms with Crippen LogP contribution in [0.3, 0.4) is 0 Å².